The standard InChI is InChI=1S/C22H23F5N4O2/c1-3-10-28-17-12-31(21(32)29-16-7-5-15(6-8-16)22(25,26)27)30-19(17)14-4-9-18(13(2)11-14)33-20(23)24/h4-9,11,17,20,28H,3,10,12H2,1-2H3,(H,29,32). The van der Waals surface area contributed by atoms with Gasteiger partial charge in [-0.3, -0.25) is 0 Å². The maximum absolute atomic E-state index is 12.7. The summed E-state index contributed by atoms with van der Waals surface area (Å²) in [4.78, 5) is 12.7. The van der Waals surface area contributed by atoms with Gasteiger partial charge in [0, 0.05) is 5.69 Å². The van der Waals surface area contributed by atoms with Crippen molar-refractivity contribution in [2.45, 2.75) is 39.1 Å². The molecule has 1 unspecified atom stereocenters. The molecule has 1 aliphatic heterocycles. The molecule has 0 aromatic heterocycles. The summed E-state index contributed by atoms with van der Waals surface area (Å²) < 4.78 is 67.7. The fourth-order valence-electron chi connectivity index (χ4n) is 3.33. The van der Waals surface area contributed by atoms with Crippen LogP contribution in [0.5, 0.6) is 5.75 Å². The van der Waals surface area contributed by atoms with Crippen molar-refractivity contribution in [1.82, 2.24) is 10.3 Å². The highest BCUT2D eigenvalue weighted by atomic mass is 19.4. The van der Waals surface area contributed by atoms with E-state index in [-0.39, 0.29) is 24.0 Å². The van der Waals surface area contributed by atoms with Crippen LogP contribution in [0.4, 0.5) is 32.4 Å². The first-order chi connectivity index (χ1) is 15.6. The Hall–Kier alpha value is -3.21. The maximum atomic E-state index is 12.7. The Balaban J connectivity index is 1.79. The summed E-state index contributed by atoms with van der Waals surface area (Å²) in [7, 11) is 0. The van der Waals surface area contributed by atoms with Crippen LogP contribution in [0.3, 0.4) is 0 Å². The lowest BCUT2D eigenvalue weighted by Gasteiger charge is -2.17. The van der Waals surface area contributed by atoms with Gasteiger partial charge in [-0.05, 0) is 73.5 Å². The number of anilines is 1. The fraction of sp³-hybridized carbons (Fsp3) is 0.364. The smallest absolute Gasteiger partial charge is 0.416 e. The van der Waals surface area contributed by atoms with Crippen LogP contribution in [-0.2, 0) is 6.18 Å². The van der Waals surface area contributed by atoms with Gasteiger partial charge >= 0.3 is 18.8 Å². The number of ether oxygens (including phenoxy) is 1. The molecule has 0 saturated carbocycles. The second-order valence-corrected chi connectivity index (χ2v) is 7.44. The predicted octanol–water partition coefficient (Wildman–Crippen LogP) is 5.24. The molecular formula is C22H23F5N4O2. The van der Waals surface area contributed by atoms with Crippen molar-refractivity contribution < 1.29 is 31.5 Å². The Labute approximate surface area is 187 Å². The Bertz CT molecular complexity index is 1010. The summed E-state index contributed by atoms with van der Waals surface area (Å²) in [5.74, 6) is 0.0438. The van der Waals surface area contributed by atoms with E-state index in [1.165, 1.54) is 23.2 Å². The molecule has 1 aliphatic rings. The van der Waals surface area contributed by atoms with Crippen LogP contribution in [0, 0.1) is 6.92 Å². The first-order valence-electron chi connectivity index (χ1n) is 10.2. The lowest BCUT2D eigenvalue weighted by atomic mass is 10.0. The van der Waals surface area contributed by atoms with E-state index in [0.717, 1.165) is 18.6 Å². The molecule has 2 N–H and O–H groups in total. The topological polar surface area (TPSA) is 66.0 Å². The molecule has 2 aromatic rings. The molecule has 178 valence electrons. The highest BCUT2D eigenvalue weighted by Crippen LogP contribution is 2.30. The van der Waals surface area contributed by atoms with Crippen molar-refractivity contribution >= 4 is 17.4 Å². The lowest BCUT2D eigenvalue weighted by molar-refractivity contribution is -0.137. The predicted molar refractivity (Wildman–Crippen MR) is 114 cm³/mol. The van der Waals surface area contributed by atoms with Crippen molar-refractivity contribution in [2.75, 3.05) is 18.4 Å². The number of carbonyl (C=O) groups is 1. The van der Waals surface area contributed by atoms with Crippen LogP contribution in [0.25, 0.3) is 0 Å². The number of rotatable bonds is 7. The molecule has 3 rings (SSSR count). The van der Waals surface area contributed by atoms with Gasteiger partial charge in [-0.1, -0.05) is 6.92 Å². The Kier molecular flexibility index (Phi) is 7.52. The molecule has 0 bridgehead atoms. The summed E-state index contributed by atoms with van der Waals surface area (Å²) >= 11 is 0. The second kappa shape index (κ2) is 10.2. The van der Waals surface area contributed by atoms with Gasteiger partial charge in [0.15, 0.2) is 0 Å². The molecule has 0 radical (unpaired) electrons. The minimum Gasteiger partial charge on any atom is -0.435 e. The number of benzene rings is 2. The number of amides is 2. The van der Waals surface area contributed by atoms with Gasteiger partial charge in [-0.25, -0.2) is 9.80 Å². The van der Waals surface area contributed by atoms with Crippen LogP contribution < -0.4 is 15.4 Å². The van der Waals surface area contributed by atoms with Crippen LogP contribution in [0.2, 0.25) is 0 Å². The zero-order chi connectivity index (χ0) is 24.2. The van der Waals surface area contributed by atoms with E-state index in [2.05, 4.69) is 20.5 Å². The van der Waals surface area contributed by atoms with Gasteiger partial charge in [0.1, 0.15) is 5.75 Å². The number of nitrogens with zero attached hydrogens (tertiary/aromatic N) is 2. The normalized spacial score (nSPS) is 16.2. The average molecular weight is 470 g/mol. The quantitative estimate of drug-likeness (QED) is 0.545. The second-order valence-electron chi connectivity index (χ2n) is 7.44. The molecule has 1 heterocycles. The number of hydrogen-bond donors (Lipinski definition) is 2. The first-order valence-corrected chi connectivity index (χ1v) is 10.2. The minimum absolute atomic E-state index is 0.0438. The van der Waals surface area contributed by atoms with Gasteiger partial charge in [0.05, 0.1) is 23.9 Å². The molecule has 0 aliphatic carbocycles. The van der Waals surface area contributed by atoms with E-state index in [4.69, 9.17) is 0 Å². The van der Waals surface area contributed by atoms with Crippen molar-refractivity contribution in [3.63, 3.8) is 0 Å². The number of hydrogen-bond acceptors (Lipinski definition) is 4. The third kappa shape index (κ3) is 6.19. The van der Waals surface area contributed by atoms with Crippen molar-refractivity contribution in [3.05, 3.63) is 59.2 Å². The average Bonchev–Trinajstić information content (AvgIpc) is 3.17. The molecule has 2 aromatic carbocycles. The minimum atomic E-state index is -4.47. The SMILES string of the molecule is CCCNC1CN(C(=O)Nc2ccc(C(F)(F)F)cc2)N=C1c1ccc(OC(F)F)c(C)c1. The van der Waals surface area contributed by atoms with Gasteiger partial charge in [-0.2, -0.15) is 27.1 Å². The van der Waals surface area contributed by atoms with E-state index in [0.29, 0.717) is 23.4 Å². The summed E-state index contributed by atoms with van der Waals surface area (Å²) in [5, 5.41) is 11.4. The molecule has 0 fully saturated rings. The Morgan fingerprint density at radius 2 is 1.91 bits per heavy atom. The number of urea groups is 1. The zero-order valence-corrected chi connectivity index (χ0v) is 17.9. The highest BCUT2D eigenvalue weighted by Gasteiger charge is 2.32. The number of carbonyl (C=O) groups excluding carboxylic acids is 1. The largest absolute Gasteiger partial charge is 0.435 e. The summed E-state index contributed by atoms with van der Waals surface area (Å²) in [6, 6.07) is 7.82. The fourth-order valence-corrected chi connectivity index (χ4v) is 3.33. The maximum Gasteiger partial charge on any atom is 0.416 e. The number of halogens is 5. The summed E-state index contributed by atoms with van der Waals surface area (Å²) in [5.41, 5.74) is 1.03. The zero-order valence-electron chi connectivity index (χ0n) is 17.9. The van der Waals surface area contributed by atoms with Crippen LogP contribution in [-0.4, -0.2) is 42.5 Å². The molecule has 1 atom stereocenters. The van der Waals surface area contributed by atoms with Crippen molar-refractivity contribution in [3.8, 4) is 5.75 Å². The third-order valence-corrected chi connectivity index (χ3v) is 4.94. The van der Waals surface area contributed by atoms with Gasteiger partial charge in [0.25, 0.3) is 0 Å². The van der Waals surface area contributed by atoms with E-state index >= 15 is 0 Å². The molecule has 33 heavy (non-hydrogen) atoms. The molecular weight excluding hydrogens is 447 g/mol. The third-order valence-electron chi connectivity index (χ3n) is 4.94. The van der Waals surface area contributed by atoms with E-state index in [1.807, 2.05) is 6.92 Å². The number of hydrazone groups is 1. The van der Waals surface area contributed by atoms with Crippen LogP contribution in [0.1, 0.15) is 30.0 Å². The monoisotopic (exact) mass is 470 g/mol. The summed E-state index contributed by atoms with van der Waals surface area (Å²) in [6.07, 6.45) is -3.63. The van der Waals surface area contributed by atoms with Gasteiger partial charge < -0.3 is 15.4 Å². The Morgan fingerprint density at radius 1 is 1.21 bits per heavy atom. The summed E-state index contributed by atoms with van der Waals surface area (Å²) in [6.45, 7) is 1.51. The Morgan fingerprint density at radius 3 is 2.48 bits per heavy atom. The molecule has 11 heteroatoms. The van der Waals surface area contributed by atoms with E-state index in [9.17, 15) is 26.7 Å². The van der Waals surface area contributed by atoms with Crippen LogP contribution in [0.15, 0.2) is 47.6 Å². The molecule has 6 nitrogen and oxygen atoms in total. The first kappa shape index (κ1) is 24.4. The lowest BCUT2D eigenvalue weighted by Crippen LogP contribution is -2.41. The van der Waals surface area contributed by atoms with E-state index < -0.39 is 24.4 Å². The van der Waals surface area contributed by atoms with Gasteiger partial charge in [0.2, 0.25) is 0 Å². The number of aryl methyl sites for hydroxylation is 1. The molecule has 0 spiro atoms. The highest BCUT2D eigenvalue weighted by molar-refractivity contribution is 6.07. The van der Waals surface area contributed by atoms with Crippen LogP contribution >= 0.6 is 0 Å². The van der Waals surface area contributed by atoms with Gasteiger partial charge in [-0.15, -0.1) is 0 Å². The number of nitrogens with one attached hydrogen (secondary N) is 2. The van der Waals surface area contributed by atoms with E-state index in [1.54, 1.807) is 19.1 Å². The molecule has 2 amide bonds. The van der Waals surface area contributed by atoms with Crippen molar-refractivity contribution in [2.24, 2.45) is 5.10 Å². The van der Waals surface area contributed by atoms with Crippen molar-refractivity contribution in [1.29, 1.82) is 0 Å². The molecule has 0 saturated heterocycles. The number of alkyl halides is 5.